The topological polar surface area (TPSA) is 41.1 Å². The number of nitrogens with zero attached hydrogens (tertiary/aromatic N) is 3. The van der Waals surface area contributed by atoms with Crippen molar-refractivity contribution in [2.45, 2.75) is 0 Å². The number of rotatable bonds is 0. The van der Waals surface area contributed by atoms with Gasteiger partial charge in [-0.05, 0) is 22.2 Å². The molecule has 0 fully saturated rings. The van der Waals surface area contributed by atoms with E-state index in [-0.39, 0.29) is 20.1 Å². The molecule has 2 heterocycles. The van der Waals surface area contributed by atoms with Crippen molar-refractivity contribution < 1.29 is 20.1 Å². The Balaban J connectivity index is 0.00000146. The summed E-state index contributed by atoms with van der Waals surface area (Å²) in [6.45, 7) is 0. The monoisotopic (exact) mass is 485 g/mol. The first-order valence-corrected chi connectivity index (χ1v) is 7.39. The average molecular weight is 485 g/mol. The van der Waals surface area contributed by atoms with Gasteiger partial charge >= 0.3 is 0 Å². The number of hydrogen-bond donors (Lipinski definition) is 0. The van der Waals surface area contributed by atoms with E-state index in [2.05, 4.69) is 47.5 Å². The number of nitriles is 1. The summed E-state index contributed by atoms with van der Waals surface area (Å²) in [5, 5.41) is 14.8. The molecule has 5 rings (SSSR count). The summed E-state index contributed by atoms with van der Waals surface area (Å²) in [5.74, 6) is 0. The minimum Gasteiger partial charge on any atom is -0.339 e. The first-order chi connectivity index (χ1) is 11.3. The Morgan fingerprint density at radius 3 is 2.58 bits per heavy atom. The van der Waals surface area contributed by atoms with Crippen molar-refractivity contribution in [3.8, 4) is 6.07 Å². The Hall–Kier alpha value is -2.73. The molecule has 0 aliphatic heterocycles. The second-order valence-electron chi connectivity index (χ2n) is 5.61. The first-order valence-electron chi connectivity index (χ1n) is 7.39. The molecule has 0 saturated carbocycles. The van der Waals surface area contributed by atoms with Gasteiger partial charge in [-0.2, -0.15) is 5.26 Å². The van der Waals surface area contributed by atoms with Gasteiger partial charge in [0, 0.05) is 31.8 Å². The number of benzene rings is 3. The SMILES string of the molecule is N#Cc1cn2c3cc4ccccc4cc3c3ccc[c-]c3c2n1.[Ir]. The van der Waals surface area contributed by atoms with Gasteiger partial charge in [-0.1, -0.05) is 35.7 Å². The van der Waals surface area contributed by atoms with Crippen LogP contribution in [-0.4, -0.2) is 9.38 Å². The zero-order chi connectivity index (χ0) is 15.4. The van der Waals surface area contributed by atoms with Crippen molar-refractivity contribution in [3.05, 3.63) is 72.6 Å². The van der Waals surface area contributed by atoms with Crippen LogP contribution in [0.4, 0.5) is 0 Å². The predicted octanol–water partition coefficient (Wildman–Crippen LogP) is 4.46. The maximum absolute atomic E-state index is 9.22. The Bertz CT molecular complexity index is 1280. The second kappa shape index (κ2) is 5.42. The molecule has 0 aliphatic carbocycles. The van der Waals surface area contributed by atoms with E-state index in [1.165, 1.54) is 10.8 Å². The zero-order valence-electron chi connectivity index (χ0n) is 12.4. The van der Waals surface area contributed by atoms with Crippen molar-refractivity contribution in [3.63, 3.8) is 0 Å². The van der Waals surface area contributed by atoms with Gasteiger partial charge in [0.25, 0.3) is 0 Å². The predicted molar refractivity (Wildman–Crippen MR) is 91.3 cm³/mol. The fourth-order valence-electron chi connectivity index (χ4n) is 3.28. The standard InChI is InChI=1S/C20H10N3.Ir/c21-11-15-12-23-19-10-14-6-2-1-5-13(14)9-18(19)16-7-3-4-8-17(16)20(23)22-15;/h1-7,9-10,12H;/q-1;. The van der Waals surface area contributed by atoms with E-state index in [1.807, 2.05) is 28.7 Å². The Kier molecular flexibility index (Phi) is 3.35. The van der Waals surface area contributed by atoms with Crippen LogP contribution in [0.5, 0.6) is 0 Å². The molecule has 0 amide bonds. The second-order valence-corrected chi connectivity index (χ2v) is 5.61. The van der Waals surface area contributed by atoms with Crippen molar-refractivity contribution in [1.29, 1.82) is 5.26 Å². The van der Waals surface area contributed by atoms with Crippen LogP contribution in [0.25, 0.3) is 38.1 Å². The molecular formula is C20H10IrN3-. The molecule has 2 aromatic heterocycles. The summed E-state index contributed by atoms with van der Waals surface area (Å²) in [6, 6.07) is 24.0. The number of aromatic nitrogens is 2. The molecule has 0 spiro atoms. The van der Waals surface area contributed by atoms with Crippen LogP contribution in [0.1, 0.15) is 5.69 Å². The quantitative estimate of drug-likeness (QED) is 0.185. The van der Waals surface area contributed by atoms with Gasteiger partial charge in [0.15, 0.2) is 0 Å². The van der Waals surface area contributed by atoms with Crippen molar-refractivity contribution in [2.24, 2.45) is 0 Å². The molecule has 5 aromatic rings. The summed E-state index contributed by atoms with van der Waals surface area (Å²) in [7, 11) is 0. The van der Waals surface area contributed by atoms with Gasteiger partial charge < -0.3 is 4.40 Å². The third kappa shape index (κ3) is 1.96. The molecule has 0 N–H and O–H groups in total. The molecule has 0 atom stereocenters. The fourth-order valence-corrected chi connectivity index (χ4v) is 3.28. The fraction of sp³-hybridized carbons (Fsp3) is 0. The van der Waals surface area contributed by atoms with Gasteiger partial charge in [0.05, 0.1) is 5.65 Å². The van der Waals surface area contributed by atoms with Gasteiger partial charge in [-0.3, -0.25) is 4.98 Å². The Labute approximate surface area is 151 Å². The third-order valence-electron chi connectivity index (χ3n) is 4.31. The van der Waals surface area contributed by atoms with Crippen LogP contribution in [0.2, 0.25) is 0 Å². The third-order valence-corrected chi connectivity index (χ3v) is 4.31. The molecule has 0 unspecified atom stereocenters. The van der Waals surface area contributed by atoms with Crippen LogP contribution in [-0.2, 0) is 20.1 Å². The molecule has 24 heavy (non-hydrogen) atoms. The van der Waals surface area contributed by atoms with E-state index in [9.17, 15) is 5.26 Å². The number of imidazole rings is 1. The summed E-state index contributed by atoms with van der Waals surface area (Å²) in [4.78, 5) is 4.46. The van der Waals surface area contributed by atoms with E-state index in [4.69, 9.17) is 0 Å². The number of fused-ring (bicyclic) bond motifs is 7. The number of pyridine rings is 1. The van der Waals surface area contributed by atoms with Crippen LogP contribution in [0, 0.1) is 17.4 Å². The largest absolute Gasteiger partial charge is 0.339 e. The first kappa shape index (κ1) is 14.8. The van der Waals surface area contributed by atoms with E-state index in [1.54, 1.807) is 6.20 Å². The van der Waals surface area contributed by atoms with E-state index >= 15 is 0 Å². The van der Waals surface area contributed by atoms with Crippen molar-refractivity contribution in [1.82, 2.24) is 9.38 Å². The molecule has 3 nitrogen and oxygen atoms in total. The minimum absolute atomic E-state index is 0. The van der Waals surface area contributed by atoms with E-state index in [0.717, 1.165) is 27.3 Å². The molecular weight excluding hydrogens is 474 g/mol. The molecule has 0 aliphatic rings. The van der Waals surface area contributed by atoms with Gasteiger partial charge in [0.2, 0.25) is 0 Å². The molecule has 0 saturated heterocycles. The summed E-state index contributed by atoms with van der Waals surface area (Å²) >= 11 is 0. The van der Waals surface area contributed by atoms with Crippen LogP contribution in [0.15, 0.2) is 60.8 Å². The normalized spacial score (nSPS) is 11.0. The smallest absolute Gasteiger partial charge is 0.148 e. The van der Waals surface area contributed by atoms with Crippen molar-refractivity contribution in [2.75, 3.05) is 0 Å². The Morgan fingerprint density at radius 2 is 1.79 bits per heavy atom. The van der Waals surface area contributed by atoms with Crippen LogP contribution >= 0.6 is 0 Å². The summed E-state index contributed by atoms with van der Waals surface area (Å²) < 4.78 is 2.00. The zero-order valence-corrected chi connectivity index (χ0v) is 14.8. The molecule has 115 valence electrons. The molecule has 3 aromatic carbocycles. The summed E-state index contributed by atoms with van der Waals surface area (Å²) in [5.41, 5.74) is 2.25. The van der Waals surface area contributed by atoms with Gasteiger partial charge in [0.1, 0.15) is 11.8 Å². The van der Waals surface area contributed by atoms with Gasteiger partial charge in [-0.25, -0.2) is 0 Å². The van der Waals surface area contributed by atoms with Gasteiger partial charge in [-0.15, -0.1) is 29.7 Å². The maximum Gasteiger partial charge on any atom is 0.148 e. The molecule has 0 bridgehead atoms. The maximum atomic E-state index is 9.22. The van der Waals surface area contributed by atoms with E-state index < -0.39 is 0 Å². The van der Waals surface area contributed by atoms with Crippen LogP contribution in [0.3, 0.4) is 0 Å². The van der Waals surface area contributed by atoms with Crippen molar-refractivity contribution >= 4 is 38.1 Å². The average Bonchev–Trinajstić information content (AvgIpc) is 3.05. The number of hydrogen-bond acceptors (Lipinski definition) is 2. The molecule has 4 heteroatoms. The van der Waals surface area contributed by atoms with Crippen LogP contribution < -0.4 is 0 Å². The minimum atomic E-state index is 0. The molecule has 1 radical (unpaired) electrons. The summed E-state index contributed by atoms with van der Waals surface area (Å²) in [6.07, 6.45) is 1.80. The van der Waals surface area contributed by atoms with E-state index in [0.29, 0.717) is 5.69 Å². The Morgan fingerprint density at radius 1 is 1.00 bits per heavy atom.